The SMILES string of the molecule is CCCNC(=O)CNC(=O)CCc1ncc(-c2ccc(F)cc2F)o1. The van der Waals surface area contributed by atoms with E-state index in [1.165, 1.54) is 12.3 Å². The summed E-state index contributed by atoms with van der Waals surface area (Å²) in [6, 6.07) is 3.14. The zero-order chi connectivity index (χ0) is 18.2. The van der Waals surface area contributed by atoms with E-state index in [0.717, 1.165) is 18.6 Å². The molecule has 0 atom stereocenters. The van der Waals surface area contributed by atoms with Gasteiger partial charge in [-0.05, 0) is 18.6 Å². The van der Waals surface area contributed by atoms with Gasteiger partial charge in [-0.3, -0.25) is 9.59 Å². The monoisotopic (exact) mass is 351 g/mol. The van der Waals surface area contributed by atoms with Crippen molar-refractivity contribution in [3.63, 3.8) is 0 Å². The van der Waals surface area contributed by atoms with Crippen LogP contribution in [0.15, 0.2) is 28.8 Å². The molecule has 2 N–H and O–H groups in total. The van der Waals surface area contributed by atoms with Crippen LogP contribution < -0.4 is 10.6 Å². The molecule has 2 aromatic rings. The highest BCUT2D eigenvalue weighted by molar-refractivity contribution is 5.84. The van der Waals surface area contributed by atoms with Crippen molar-refractivity contribution >= 4 is 11.8 Å². The summed E-state index contributed by atoms with van der Waals surface area (Å²) in [5.74, 6) is -1.59. The Morgan fingerprint density at radius 3 is 2.72 bits per heavy atom. The number of rotatable bonds is 8. The molecule has 1 heterocycles. The zero-order valence-electron chi connectivity index (χ0n) is 13.8. The summed E-state index contributed by atoms with van der Waals surface area (Å²) in [7, 11) is 0. The first-order valence-electron chi connectivity index (χ1n) is 7.93. The van der Waals surface area contributed by atoms with Crippen LogP contribution in [0, 0.1) is 11.6 Å². The quantitative estimate of drug-likeness (QED) is 0.764. The van der Waals surface area contributed by atoms with Crippen LogP contribution in [0.3, 0.4) is 0 Å². The first-order valence-corrected chi connectivity index (χ1v) is 7.93. The molecule has 0 unspecified atom stereocenters. The maximum Gasteiger partial charge on any atom is 0.239 e. The molecule has 8 heteroatoms. The highest BCUT2D eigenvalue weighted by Gasteiger charge is 2.13. The number of carbonyl (C=O) groups is 2. The van der Waals surface area contributed by atoms with Gasteiger partial charge in [-0.2, -0.15) is 0 Å². The highest BCUT2D eigenvalue weighted by atomic mass is 19.1. The second kappa shape index (κ2) is 8.91. The fraction of sp³-hybridized carbons (Fsp3) is 0.353. The van der Waals surface area contributed by atoms with Crippen molar-refractivity contribution in [2.45, 2.75) is 26.2 Å². The van der Waals surface area contributed by atoms with E-state index in [1.807, 2.05) is 6.92 Å². The number of carbonyl (C=O) groups excluding carboxylic acids is 2. The predicted octanol–water partition coefficient (Wildman–Crippen LogP) is 2.19. The second-order valence-electron chi connectivity index (χ2n) is 5.37. The smallest absolute Gasteiger partial charge is 0.239 e. The summed E-state index contributed by atoms with van der Waals surface area (Å²) >= 11 is 0. The molecule has 1 aromatic heterocycles. The van der Waals surface area contributed by atoms with E-state index in [1.54, 1.807) is 0 Å². The summed E-state index contributed by atoms with van der Waals surface area (Å²) in [4.78, 5) is 27.1. The molecule has 0 aliphatic heterocycles. The molecular weight excluding hydrogens is 332 g/mol. The van der Waals surface area contributed by atoms with Crippen LogP contribution in [0.1, 0.15) is 25.7 Å². The molecule has 0 radical (unpaired) electrons. The van der Waals surface area contributed by atoms with Crippen molar-refractivity contribution in [1.82, 2.24) is 15.6 Å². The van der Waals surface area contributed by atoms with Crippen LogP contribution in [-0.2, 0) is 16.0 Å². The highest BCUT2D eigenvalue weighted by Crippen LogP contribution is 2.24. The lowest BCUT2D eigenvalue weighted by Crippen LogP contribution is -2.37. The number of halogens is 2. The molecule has 134 valence electrons. The number of hydrogen-bond donors (Lipinski definition) is 2. The molecule has 1 aromatic carbocycles. The molecule has 0 aliphatic rings. The van der Waals surface area contributed by atoms with Crippen molar-refractivity contribution in [1.29, 1.82) is 0 Å². The van der Waals surface area contributed by atoms with Gasteiger partial charge in [0.2, 0.25) is 11.8 Å². The Hall–Kier alpha value is -2.77. The van der Waals surface area contributed by atoms with Crippen molar-refractivity contribution in [2.24, 2.45) is 0 Å². The van der Waals surface area contributed by atoms with Crippen LogP contribution >= 0.6 is 0 Å². The Labute approximate surface area is 143 Å². The molecule has 25 heavy (non-hydrogen) atoms. The first-order chi connectivity index (χ1) is 12.0. The Kier molecular flexibility index (Phi) is 6.62. The summed E-state index contributed by atoms with van der Waals surface area (Å²) in [5, 5.41) is 5.14. The summed E-state index contributed by atoms with van der Waals surface area (Å²) in [6.45, 7) is 2.41. The number of amides is 2. The Morgan fingerprint density at radius 2 is 2.00 bits per heavy atom. The van der Waals surface area contributed by atoms with Gasteiger partial charge in [0.1, 0.15) is 11.6 Å². The van der Waals surface area contributed by atoms with Crippen LogP contribution in [0.5, 0.6) is 0 Å². The molecule has 0 fully saturated rings. The van der Waals surface area contributed by atoms with E-state index in [2.05, 4.69) is 15.6 Å². The second-order valence-corrected chi connectivity index (χ2v) is 5.37. The fourth-order valence-corrected chi connectivity index (χ4v) is 2.05. The summed E-state index contributed by atoms with van der Waals surface area (Å²) in [6.07, 6.45) is 2.42. The van der Waals surface area contributed by atoms with Gasteiger partial charge in [0.05, 0.1) is 18.3 Å². The van der Waals surface area contributed by atoms with Crippen LogP contribution in [-0.4, -0.2) is 29.9 Å². The maximum absolute atomic E-state index is 13.7. The van der Waals surface area contributed by atoms with Crippen LogP contribution in [0.25, 0.3) is 11.3 Å². The molecular formula is C17H19F2N3O3. The third kappa shape index (κ3) is 5.66. The summed E-state index contributed by atoms with van der Waals surface area (Å²) < 4.78 is 32.0. The maximum atomic E-state index is 13.7. The Balaban J connectivity index is 1.83. The van der Waals surface area contributed by atoms with Crippen molar-refractivity contribution < 1.29 is 22.8 Å². The normalized spacial score (nSPS) is 10.5. The van der Waals surface area contributed by atoms with E-state index in [0.29, 0.717) is 6.54 Å². The average Bonchev–Trinajstić information content (AvgIpc) is 3.05. The van der Waals surface area contributed by atoms with Crippen LogP contribution in [0.2, 0.25) is 0 Å². The van der Waals surface area contributed by atoms with Gasteiger partial charge in [-0.25, -0.2) is 13.8 Å². The molecule has 0 aliphatic carbocycles. The lowest BCUT2D eigenvalue weighted by atomic mass is 10.2. The largest absolute Gasteiger partial charge is 0.441 e. The van der Waals surface area contributed by atoms with Gasteiger partial charge < -0.3 is 15.1 Å². The minimum atomic E-state index is -0.751. The molecule has 0 spiro atoms. The topological polar surface area (TPSA) is 84.2 Å². The molecule has 6 nitrogen and oxygen atoms in total. The lowest BCUT2D eigenvalue weighted by molar-refractivity contribution is -0.126. The lowest BCUT2D eigenvalue weighted by Gasteiger charge is -2.05. The van der Waals surface area contributed by atoms with E-state index in [9.17, 15) is 18.4 Å². The number of aryl methyl sites for hydroxylation is 1. The van der Waals surface area contributed by atoms with Crippen LogP contribution in [0.4, 0.5) is 8.78 Å². The zero-order valence-corrected chi connectivity index (χ0v) is 13.8. The number of aromatic nitrogens is 1. The van der Waals surface area contributed by atoms with E-state index in [4.69, 9.17) is 4.42 Å². The van der Waals surface area contributed by atoms with Gasteiger partial charge in [-0.1, -0.05) is 6.92 Å². The van der Waals surface area contributed by atoms with Crippen molar-refractivity contribution in [3.8, 4) is 11.3 Å². The number of nitrogens with zero attached hydrogens (tertiary/aromatic N) is 1. The third-order valence-corrected chi connectivity index (χ3v) is 3.33. The van der Waals surface area contributed by atoms with Gasteiger partial charge >= 0.3 is 0 Å². The van der Waals surface area contributed by atoms with Gasteiger partial charge in [0.25, 0.3) is 0 Å². The predicted molar refractivity (Wildman–Crippen MR) is 86.5 cm³/mol. The number of oxazole rings is 1. The first kappa shape index (κ1) is 18.6. The molecule has 0 saturated heterocycles. The third-order valence-electron chi connectivity index (χ3n) is 3.33. The number of hydrogen-bond acceptors (Lipinski definition) is 4. The summed E-state index contributed by atoms with van der Waals surface area (Å²) in [5.41, 5.74) is 0.0946. The Morgan fingerprint density at radius 1 is 1.20 bits per heavy atom. The van der Waals surface area contributed by atoms with Gasteiger partial charge in [0, 0.05) is 25.5 Å². The van der Waals surface area contributed by atoms with Gasteiger partial charge in [-0.15, -0.1) is 0 Å². The van der Waals surface area contributed by atoms with E-state index >= 15 is 0 Å². The van der Waals surface area contributed by atoms with Gasteiger partial charge in [0.15, 0.2) is 11.7 Å². The van der Waals surface area contributed by atoms with Crippen molar-refractivity contribution in [2.75, 3.05) is 13.1 Å². The minimum Gasteiger partial charge on any atom is -0.441 e. The number of benzene rings is 1. The molecule has 2 amide bonds. The number of nitrogens with one attached hydrogen (secondary N) is 2. The van der Waals surface area contributed by atoms with Crippen molar-refractivity contribution in [3.05, 3.63) is 41.9 Å². The standard InChI is InChI=1S/C17H19F2N3O3/c1-2-7-20-16(24)10-21-15(23)5-6-17-22-9-14(25-17)12-4-3-11(18)8-13(12)19/h3-4,8-9H,2,5-7,10H2,1H3,(H,20,24)(H,21,23). The Bertz CT molecular complexity index is 746. The molecule has 0 saturated carbocycles. The average molecular weight is 351 g/mol. The van der Waals surface area contributed by atoms with E-state index < -0.39 is 11.6 Å². The molecule has 2 rings (SSSR count). The fourth-order valence-electron chi connectivity index (χ4n) is 2.05. The molecule has 0 bridgehead atoms. The minimum absolute atomic E-state index is 0.0763. The van der Waals surface area contributed by atoms with E-state index in [-0.39, 0.29) is 48.4 Å².